The summed E-state index contributed by atoms with van der Waals surface area (Å²) in [4.78, 5) is 2.59. The third-order valence-corrected chi connectivity index (χ3v) is 3.50. The molecule has 2 atom stereocenters. The first kappa shape index (κ1) is 12.0. The van der Waals surface area contributed by atoms with Gasteiger partial charge in [-0.25, -0.2) is 0 Å². The van der Waals surface area contributed by atoms with Gasteiger partial charge in [0.05, 0.1) is 0 Å². The highest BCUT2D eigenvalue weighted by atomic mass is 15.2. The Hall–Kier alpha value is -0.0800. The Morgan fingerprint density at radius 3 is 2.36 bits per heavy atom. The molecule has 0 heterocycles. The van der Waals surface area contributed by atoms with E-state index in [1.165, 1.54) is 32.1 Å². The summed E-state index contributed by atoms with van der Waals surface area (Å²) in [6, 6.07) is 2.29. The second-order valence-electron chi connectivity index (χ2n) is 4.56. The molecule has 84 valence electrons. The molecule has 2 heteroatoms. The zero-order valence-corrected chi connectivity index (χ0v) is 10.2. The molecular weight excluding hydrogens is 172 g/mol. The molecule has 0 bridgehead atoms. The molecule has 1 saturated carbocycles. The smallest absolute Gasteiger partial charge is 0.0246 e. The Kier molecular flexibility index (Phi) is 4.90. The second-order valence-corrected chi connectivity index (χ2v) is 4.56. The van der Waals surface area contributed by atoms with E-state index in [4.69, 9.17) is 0 Å². The maximum Gasteiger partial charge on any atom is 0.0246 e. The van der Waals surface area contributed by atoms with E-state index in [2.05, 4.69) is 38.2 Å². The first-order chi connectivity index (χ1) is 6.74. The molecule has 1 aliphatic carbocycles. The lowest BCUT2D eigenvalue weighted by atomic mass is 9.99. The number of hydrogen-bond acceptors (Lipinski definition) is 2. The van der Waals surface area contributed by atoms with Crippen molar-refractivity contribution in [3.05, 3.63) is 0 Å². The molecule has 0 radical (unpaired) electrons. The molecular formula is C12H26N2. The largest absolute Gasteiger partial charge is 0.315 e. The van der Waals surface area contributed by atoms with Crippen LogP contribution in [0.4, 0.5) is 0 Å². The van der Waals surface area contributed by atoms with Gasteiger partial charge < -0.3 is 5.32 Å². The summed E-state index contributed by atoms with van der Waals surface area (Å²) in [7, 11) is 4.40. The summed E-state index contributed by atoms with van der Waals surface area (Å²) >= 11 is 0. The fourth-order valence-corrected chi connectivity index (χ4v) is 2.45. The van der Waals surface area contributed by atoms with Gasteiger partial charge in [0, 0.05) is 18.1 Å². The Morgan fingerprint density at radius 2 is 2.00 bits per heavy atom. The molecule has 14 heavy (non-hydrogen) atoms. The van der Waals surface area contributed by atoms with Crippen LogP contribution in [0.15, 0.2) is 0 Å². The molecule has 1 rings (SSSR count). The highest BCUT2D eigenvalue weighted by molar-refractivity contribution is 4.90. The number of nitrogens with zero attached hydrogens (tertiary/aromatic N) is 1. The summed E-state index contributed by atoms with van der Waals surface area (Å²) in [6.07, 6.45) is 6.66. The predicted octanol–water partition coefficient (Wildman–Crippen LogP) is 2.25. The van der Waals surface area contributed by atoms with Crippen molar-refractivity contribution in [2.75, 3.05) is 14.1 Å². The fraction of sp³-hybridized carbons (Fsp3) is 1.00. The van der Waals surface area contributed by atoms with Gasteiger partial charge in [0.1, 0.15) is 0 Å². The number of nitrogens with one attached hydrogen (secondary N) is 1. The third-order valence-electron chi connectivity index (χ3n) is 3.50. The lowest BCUT2D eigenvalue weighted by Crippen LogP contribution is -2.48. The topological polar surface area (TPSA) is 15.3 Å². The Labute approximate surface area is 89.1 Å². The normalized spacial score (nSPS) is 21.2. The van der Waals surface area contributed by atoms with Crippen molar-refractivity contribution < 1.29 is 0 Å². The molecule has 2 nitrogen and oxygen atoms in total. The van der Waals surface area contributed by atoms with Crippen LogP contribution in [-0.4, -0.2) is 37.1 Å². The molecule has 2 unspecified atom stereocenters. The van der Waals surface area contributed by atoms with Crippen molar-refractivity contribution in [3.8, 4) is 0 Å². The van der Waals surface area contributed by atoms with Crippen molar-refractivity contribution in [1.82, 2.24) is 10.2 Å². The lowest BCUT2D eigenvalue weighted by molar-refractivity contribution is 0.175. The van der Waals surface area contributed by atoms with Crippen LogP contribution in [0, 0.1) is 0 Å². The van der Waals surface area contributed by atoms with Gasteiger partial charge in [-0.05, 0) is 39.8 Å². The Morgan fingerprint density at radius 1 is 1.36 bits per heavy atom. The predicted molar refractivity (Wildman–Crippen MR) is 62.6 cm³/mol. The van der Waals surface area contributed by atoms with Crippen molar-refractivity contribution in [2.24, 2.45) is 0 Å². The molecule has 1 N–H and O–H groups in total. The van der Waals surface area contributed by atoms with Gasteiger partial charge in [-0.1, -0.05) is 20.3 Å². The zero-order chi connectivity index (χ0) is 10.6. The van der Waals surface area contributed by atoms with E-state index in [1.54, 1.807) is 0 Å². The zero-order valence-electron chi connectivity index (χ0n) is 10.2. The van der Waals surface area contributed by atoms with Crippen LogP contribution in [-0.2, 0) is 0 Å². The average Bonchev–Trinajstić information content (AvgIpc) is 3.00. The lowest BCUT2D eigenvalue weighted by Gasteiger charge is -2.34. The van der Waals surface area contributed by atoms with E-state index in [-0.39, 0.29) is 0 Å². The standard InChI is InChI=1S/C12H26N2/c1-5-7-11(13-3)12(6-2)14(4)10-8-9-10/h10-13H,5-9H2,1-4H3. The van der Waals surface area contributed by atoms with Crippen LogP contribution in [0.3, 0.4) is 0 Å². The van der Waals surface area contributed by atoms with Crippen molar-refractivity contribution in [1.29, 1.82) is 0 Å². The van der Waals surface area contributed by atoms with Gasteiger partial charge in [0.25, 0.3) is 0 Å². The maximum absolute atomic E-state index is 3.48. The first-order valence-electron chi connectivity index (χ1n) is 6.13. The highest BCUT2D eigenvalue weighted by Gasteiger charge is 2.33. The first-order valence-corrected chi connectivity index (χ1v) is 6.13. The van der Waals surface area contributed by atoms with E-state index in [0.717, 1.165) is 12.1 Å². The van der Waals surface area contributed by atoms with Gasteiger partial charge in [0.15, 0.2) is 0 Å². The number of hydrogen-bond donors (Lipinski definition) is 1. The monoisotopic (exact) mass is 198 g/mol. The summed E-state index contributed by atoms with van der Waals surface area (Å²) in [5, 5.41) is 3.48. The summed E-state index contributed by atoms with van der Waals surface area (Å²) < 4.78 is 0. The molecule has 0 amide bonds. The van der Waals surface area contributed by atoms with Crippen molar-refractivity contribution in [3.63, 3.8) is 0 Å². The minimum atomic E-state index is 0.676. The SMILES string of the molecule is CCCC(NC)C(CC)N(C)C1CC1. The minimum Gasteiger partial charge on any atom is -0.315 e. The molecule has 0 saturated heterocycles. The molecule has 1 fully saturated rings. The number of likely N-dealkylation sites (N-methyl/N-ethyl adjacent to an activating group) is 2. The van der Waals surface area contributed by atoms with Crippen LogP contribution < -0.4 is 5.32 Å². The summed E-state index contributed by atoms with van der Waals surface area (Å²) in [5.41, 5.74) is 0. The molecule has 0 spiro atoms. The Bertz CT molecular complexity index is 154. The molecule has 0 aliphatic heterocycles. The van der Waals surface area contributed by atoms with Gasteiger partial charge in [-0.3, -0.25) is 4.90 Å². The fourth-order valence-electron chi connectivity index (χ4n) is 2.45. The minimum absolute atomic E-state index is 0.676. The third kappa shape index (κ3) is 2.96. The van der Waals surface area contributed by atoms with Crippen molar-refractivity contribution >= 4 is 0 Å². The molecule has 0 aromatic carbocycles. The van der Waals surface area contributed by atoms with E-state index in [1.807, 2.05) is 0 Å². The highest BCUT2D eigenvalue weighted by Crippen LogP contribution is 2.29. The average molecular weight is 198 g/mol. The van der Waals surface area contributed by atoms with Gasteiger partial charge >= 0.3 is 0 Å². The summed E-state index contributed by atoms with van der Waals surface area (Å²) in [5.74, 6) is 0. The van der Waals surface area contributed by atoms with E-state index < -0.39 is 0 Å². The quantitative estimate of drug-likeness (QED) is 0.675. The van der Waals surface area contributed by atoms with Crippen LogP contribution in [0.2, 0.25) is 0 Å². The number of rotatable bonds is 7. The van der Waals surface area contributed by atoms with Gasteiger partial charge in [-0.2, -0.15) is 0 Å². The van der Waals surface area contributed by atoms with E-state index in [9.17, 15) is 0 Å². The molecule has 1 aliphatic rings. The summed E-state index contributed by atoms with van der Waals surface area (Å²) in [6.45, 7) is 4.58. The van der Waals surface area contributed by atoms with Gasteiger partial charge in [0.2, 0.25) is 0 Å². The maximum atomic E-state index is 3.48. The molecule has 0 aromatic heterocycles. The van der Waals surface area contributed by atoms with Crippen LogP contribution in [0.25, 0.3) is 0 Å². The van der Waals surface area contributed by atoms with Crippen LogP contribution >= 0.6 is 0 Å². The molecule has 0 aromatic rings. The van der Waals surface area contributed by atoms with Crippen LogP contribution in [0.5, 0.6) is 0 Å². The van der Waals surface area contributed by atoms with Gasteiger partial charge in [-0.15, -0.1) is 0 Å². The Balaban J connectivity index is 2.47. The second kappa shape index (κ2) is 5.72. The van der Waals surface area contributed by atoms with Crippen LogP contribution in [0.1, 0.15) is 46.0 Å². The van der Waals surface area contributed by atoms with E-state index >= 15 is 0 Å². The van der Waals surface area contributed by atoms with E-state index in [0.29, 0.717) is 6.04 Å². The van der Waals surface area contributed by atoms with Crippen molar-refractivity contribution in [2.45, 2.75) is 64.1 Å².